The quantitative estimate of drug-likeness (QED) is 0.835. The molecule has 0 amide bonds. The average molecular weight is 380 g/mol. The standard InChI is InChI=1S/C18H22F2N4O3/c19-17(20)8-24-11-21-14-7-12(1-2-13(14)18(24)26)22-3-5-23(6-4-22)15-9-27-10-16(15)25/h1-2,7,11,15-17,25H,3-6,8-10H2. The third-order valence-electron chi connectivity index (χ3n) is 5.31. The van der Waals surface area contributed by atoms with Crippen molar-refractivity contribution in [2.24, 2.45) is 0 Å². The van der Waals surface area contributed by atoms with E-state index in [0.717, 1.165) is 36.4 Å². The highest BCUT2D eigenvalue weighted by Crippen LogP contribution is 2.22. The van der Waals surface area contributed by atoms with Crippen LogP contribution in [0.2, 0.25) is 0 Å². The molecule has 2 aliphatic heterocycles. The average Bonchev–Trinajstić information content (AvgIpc) is 3.09. The van der Waals surface area contributed by atoms with E-state index in [1.165, 1.54) is 6.33 Å². The fourth-order valence-corrected chi connectivity index (χ4v) is 3.81. The Labute approximate surface area is 154 Å². The van der Waals surface area contributed by atoms with Gasteiger partial charge in [-0.2, -0.15) is 0 Å². The predicted octanol–water partition coefficient (Wildman–Crippen LogP) is 0.543. The SMILES string of the molecule is O=c1c2ccc(N3CCN(C4COCC4O)CC3)cc2ncn1CC(F)F. The maximum atomic E-state index is 12.6. The van der Waals surface area contributed by atoms with Crippen molar-refractivity contribution < 1.29 is 18.6 Å². The fraction of sp³-hybridized carbons (Fsp3) is 0.556. The van der Waals surface area contributed by atoms with Gasteiger partial charge in [0.2, 0.25) is 0 Å². The zero-order chi connectivity index (χ0) is 19.0. The number of alkyl halides is 2. The summed E-state index contributed by atoms with van der Waals surface area (Å²) in [7, 11) is 0. The number of halogens is 2. The highest BCUT2D eigenvalue weighted by molar-refractivity contribution is 5.81. The lowest BCUT2D eigenvalue weighted by atomic mass is 10.1. The Bertz CT molecular complexity index is 867. The van der Waals surface area contributed by atoms with Crippen LogP contribution in [-0.4, -0.2) is 77.5 Å². The Balaban J connectivity index is 1.49. The summed E-state index contributed by atoms with van der Waals surface area (Å²) in [5.41, 5.74) is 1.00. The molecule has 27 heavy (non-hydrogen) atoms. The monoisotopic (exact) mass is 380 g/mol. The van der Waals surface area contributed by atoms with Gasteiger partial charge < -0.3 is 14.7 Å². The molecule has 2 aliphatic rings. The van der Waals surface area contributed by atoms with Gasteiger partial charge in [-0.05, 0) is 18.2 Å². The first-order chi connectivity index (χ1) is 13.0. The number of aliphatic hydroxyl groups is 1. The Morgan fingerprint density at radius 2 is 2.00 bits per heavy atom. The zero-order valence-electron chi connectivity index (χ0n) is 14.8. The molecule has 0 radical (unpaired) electrons. The Morgan fingerprint density at radius 1 is 1.22 bits per heavy atom. The van der Waals surface area contributed by atoms with Crippen LogP contribution in [0.1, 0.15) is 0 Å². The molecule has 0 aliphatic carbocycles. The van der Waals surface area contributed by atoms with Gasteiger partial charge in [-0.1, -0.05) is 0 Å². The van der Waals surface area contributed by atoms with E-state index in [2.05, 4.69) is 14.8 Å². The summed E-state index contributed by atoms with van der Waals surface area (Å²) < 4.78 is 31.4. The molecular weight excluding hydrogens is 358 g/mol. The first kappa shape index (κ1) is 18.3. The Morgan fingerprint density at radius 3 is 2.67 bits per heavy atom. The molecule has 2 fully saturated rings. The van der Waals surface area contributed by atoms with Crippen LogP contribution in [0.5, 0.6) is 0 Å². The molecule has 2 saturated heterocycles. The molecular formula is C18H22F2N4O3. The minimum Gasteiger partial charge on any atom is -0.389 e. The van der Waals surface area contributed by atoms with Gasteiger partial charge in [0.1, 0.15) is 0 Å². The van der Waals surface area contributed by atoms with Gasteiger partial charge in [0.25, 0.3) is 12.0 Å². The van der Waals surface area contributed by atoms with Crippen LogP contribution < -0.4 is 10.5 Å². The van der Waals surface area contributed by atoms with Crippen LogP contribution in [0.25, 0.3) is 10.9 Å². The number of aromatic nitrogens is 2. The molecule has 4 rings (SSSR count). The summed E-state index contributed by atoms with van der Waals surface area (Å²) in [5, 5.41) is 10.3. The maximum absolute atomic E-state index is 12.6. The Hall–Kier alpha value is -2.10. The van der Waals surface area contributed by atoms with Crippen molar-refractivity contribution in [3.63, 3.8) is 0 Å². The second kappa shape index (κ2) is 7.49. The minimum atomic E-state index is -2.60. The number of ether oxygens (including phenoxy) is 1. The van der Waals surface area contributed by atoms with Gasteiger partial charge >= 0.3 is 0 Å². The van der Waals surface area contributed by atoms with E-state index in [9.17, 15) is 18.7 Å². The maximum Gasteiger partial charge on any atom is 0.261 e. The van der Waals surface area contributed by atoms with Gasteiger partial charge in [0.05, 0.1) is 49.1 Å². The third kappa shape index (κ3) is 3.67. The molecule has 1 N–H and O–H groups in total. The van der Waals surface area contributed by atoms with Crippen molar-refractivity contribution in [1.29, 1.82) is 0 Å². The van der Waals surface area contributed by atoms with Crippen LogP contribution in [0.3, 0.4) is 0 Å². The van der Waals surface area contributed by atoms with Gasteiger partial charge in [0.15, 0.2) is 0 Å². The highest BCUT2D eigenvalue weighted by Gasteiger charge is 2.33. The fourth-order valence-electron chi connectivity index (χ4n) is 3.81. The summed E-state index contributed by atoms with van der Waals surface area (Å²) in [6, 6.07) is 5.37. The normalized spacial score (nSPS) is 24.2. The number of anilines is 1. The second-order valence-electron chi connectivity index (χ2n) is 6.99. The molecule has 3 heterocycles. The predicted molar refractivity (Wildman–Crippen MR) is 96.4 cm³/mol. The number of piperazine rings is 1. The van der Waals surface area contributed by atoms with Crippen molar-refractivity contribution in [1.82, 2.24) is 14.5 Å². The first-order valence-electron chi connectivity index (χ1n) is 9.05. The van der Waals surface area contributed by atoms with Crippen LogP contribution in [0.15, 0.2) is 29.3 Å². The van der Waals surface area contributed by atoms with Gasteiger partial charge in [-0.3, -0.25) is 14.3 Å². The van der Waals surface area contributed by atoms with Gasteiger partial charge in [-0.25, -0.2) is 13.8 Å². The summed E-state index contributed by atoms with van der Waals surface area (Å²) >= 11 is 0. The molecule has 7 nitrogen and oxygen atoms in total. The van der Waals surface area contributed by atoms with Gasteiger partial charge in [0, 0.05) is 31.9 Å². The molecule has 1 aromatic heterocycles. The zero-order valence-corrected chi connectivity index (χ0v) is 14.8. The topological polar surface area (TPSA) is 70.8 Å². The number of hydrogen-bond donors (Lipinski definition) is 1. The van der Waals surface area contributed by atoms with Crippen molar-refractivity contribution in [3.05, 3.63) is 34.9 Å². The number of aliphatic hydroxyl groups excluding tert-OH is 1. The molecule has 0 saturated carbocycles. The smallest absolute Gasteiger partial charge is 0.261 e. The number of fused-ring (bicyclic) bond motifs is 1. The van der Waals surface area contributed by atoms with Crippen LogP contribution >= 0.6 is 0 Å². The van der Waals surface area contributed by atoms with Gasteiger partial charge in [-0.15, -0.1) is 0 Å². The molecule has 2 unspecified atom stereocenters. The van der Waals surface area contributed by atoms with E-state index in [-0.39, 0.29) is 6.04 Å². The van der Waals surface area contributed by atoms with Crippen molar-refractivity contribution in [2.45, 2.75) is 25.1 Å². The van der Waals surface area contributed by atoms with E-state index >= 15 is 0 Å². The van der Waals surface area contributed by atoms with E-state index in [4.69, 9.17) is 4.74 Å². The van der Waals surface area contributed by atoms with E-state index in [0.29, 0.717) is 24.1 Å². The number of benzene rings is 1. The number of rotatable bonds is 4. The lowest BCUT2D eigenvalue weighted by Crippen LogP contribution is -2.53. The molecule has 1 aromatic carbocycles. The number of hydrogen-bond acceptors (Lipinski definition) is 6. The number of nitrogens with zero attached hydrogens (tertiary/aromatic N) is 4. The largest absolute Gasteiger partial charge is 0.389 e. The van der Waals surface area contributed by atoms with E-state index < -0.39 is 24.6 Å². The molecule has 9 heteroatoms. The second-order valence-corrected chi connectivity index (χ2v) is 6.99. The Kier molecular flexibility index (Phi) is 5.07. The van der Waals surface area contributed by atoms with Crippen LogP contribution in [-0.2, 0) is 11.3 Å². The summed E-state index contributed by atoms with van der Waals surface area (Å²) in [5.74, 6) is 0. The highest BCUT2D eigenvalue weighted by atomic mass is 19.3. The molecule has 2 atom stereocenters. The van der Waals surface area contributed by atoms with Crippen molar-refractivity contribution in [3.8, 4) is 0 Å². The third-order valence-corrected chi connectivity index (χ3v) is 5.31. The van der Waals surface area contributed by atoms with E-state index in [1.54, 1.807) is 6.07 Å². The summed E-state index contributed by atoms with van der Waals surface area (Å²) in [6.45, 7) is 3.51. The van der Waals surface area contributed by atoms with Crippen molar-refractivity contribution >= 4 is 16.6 Å². The summed E-state index contributed by atoms with van der Waals surface area (Å²) in [4.78, 5) is 20.9. The molecule has 0 spiro atoms. The van der Waals surface area contributed by atoms with Crippen LogP contribution in [0.4, 0.5) is 14.5 Å². The molecule has 0 bridgehead atoms. The molecule has 2 aromatic rings. The minimum absolute atomic E-state index is 0.0544. The lowest BCUT2D eigenvalue weighted by molar-refractivity contribution is 0.0785. The summed E-state index contributed by atoms with van der Waals surface area (Å²) in [6.07, 6.45) is -1.85. The molecule has 146 valence electrons. The lowest BCUT2D eigenvalue weighted by Gasteiger charge is -2.39. The van der Waals surface area contributed by atoms with Crippen molar-refractivity contribution in [2.75, 3.05) is 44.3 Å². The first-order valence-corrected chi connectivity index (χ1v) is 9.05. The van der Waals surface area contributed by atoms with Crippen LogP contribution in [0, 0.1) is 0 Å². The van der Waals surface area contributed by atoms with E-state index in [1.807, 2.05) is 12.1 Å².